The molecule has 4 rings (SSSR count). The van der Waals surface area contributed by atoms with Crippen molar-refractivity contribution in [3.63, 3.8) is 0 Å². The Kier molecular flexibility index (Phi) is 9.13. The Labute approximate surface area is 223 Å². The summed E-state index contributed by atoms with van der Waals surface area (Å²) >= 11 is 0. The van der Waals surface area contributed by atoms with E-state index in [1.54, 1.807) is 22.0 Å². The first-order chi connectivity index (χ1) is 18.5. The maximum atomic E-state index is 13.2. The summed E-state index contributed by atoms with van der Waals surface area (Å²) in [6.45, 7) is 5.30. The number of carbonyl (C=O) groups is 2. The summed E-state index contributed by atoms with van der Waals surface area (Å²) in [6.07, 6.45) is 6.38. The van der Waals surface area contributed by atoms with Gasteiger partial charge in [-0.1, -0.05) is 60.7 Å². The number of amides is 2. The first-order valence-electron chi connectivity index (χ1n) is 12.6. The van der Waals surface area contributed by atoms with Gasteiger partial charge < -0.3 is 18.6 Å². The third kappa shape index (κ3) is 7.96. The molecule has 0 fully saturated rings. The van der Waals surface area contributed by atoms with E-state index in [9.17, 15) is 9.59 Å². The number of aryl methyl sites for hydroxylation is 2. The van der Waals surface area contributed by atoms with Crippen molar-refractivity contribution in [3.8, 4) is 0 Å². The lowest BCUT2D eigenvalue weighted by Crippen LogP contribution is -2.39. The Hall–Kier alpha value is -4.58. The van der Waals surface area contributed by atoms with Crippen LogP contribution in [0.15, 0.2) is 106 Å². The van der Waals surface area contributed by atoms with Crippen molar-refractivity contribution in [1.29, 1.82) is 0 Å². The predicted octanol–water partition coefficient (Wildman–Crippen LogP) is 6.27. The second-order valence-corrected chi connectivity index (χ2v) is 9.05. The standard InChI is InChI=1S/C32H32N2O4/c1-25-13-15-29(37-25)17-19-31(35)33(23-27-9-5-3-6-10-27)21-22-34(24-28-11-7-4-8-12-28)32(36)20-18-30-16-14-26(2)38-30/h3-20H,21-24H2,1-2H3/b19-17+,20-18+. The van der Waals surface area contributed by atoms with Gasteiger partial charge >= 0.3 is 0 Å². The molecule has 0 aliphatic rings. The van der Waals surface area contributed by atoms with E-state index < -0.39 is 0 Å². The number of benzene rings is 2. The highest BCUT2D eigenvalue weighted by atomic mass is 16.3. The van der Waals surface area contributed by atoms with Crippen molar-refractivity contribution in [2.24, 2.45) is 0 Å². The molecule has 0 radical (unpaired) electrons. The van der Waals surface area contributed by atoms with E-state index in [0.29, 0.717) is 37.7 Å². The first kappa shape index (κ1) is 26.5. The molecule has 2 aromatic heterocycles. The quantitative estimate of drug-likeness (QED) is 0.224. The van der Waals surface area contributed by atoms with Crippen LogP contribution in [0.5, 0.6) is 0 Å². The van der Waals surface area contributed by atoms with Gasteiger partial charge in [0.15, 0.2) is 0 Å². The lowest BCUT2D eigenvalue weighted by molar-refractivity contribution is -0.130. The Balaban J connectivity index is 1.51. The Morgan fingerprint density at radius 3 is 1.34 bits per heavy atom. The molecule has 6 nitrogen and oxygen atoms in total. The van der Waals surface area contributed by atoms with Crippen molar-refractivity contribution in [2.45, 2.75) is 26.9 Å². The Bertz CT molecular complexity index is 1280. The van der Waals surface area contributed by atoms with Gasteiger partial charge in [0.1, 0.15) is 23.0 Å². The van der Waals surface area contributed by atoms with Crippen molar-refractivity contribution in [2.75, 3.05) is 13.1 Å². The normalized spacial score (nSPS) is 11.3. The number of furan rings is 2. The fraction of sp³-hybridized carbons (Fsp3) is 0.188. The summed E-state index contributed by atoms with van der Waals surface area (Å²) in [6, 6.07) is 27.0. The van der Waals surface area contributed by atoms with E-state index in [2.05, 4.69) is 0 Å². The highest BCUT2D eigenvalue weighted by Crippen LogP contribution is 2.13. The molecule has 2 aromatic carbocycles. The second kappa shape index (κ2) is 13.1. The average molecular weight is 509 g/mol. The Morgan fingerprint density at radius 2 is 1.00 bits per heavy atom. The van der Waals surface area contributed by atoms with Crippen LogP contribution in [-0.2, 0) is 22.7 Å². The third-order valence-electron chi connectivity index (χ3n) is 6.00. The van der Waals surface area contributed by atoms with Crippen LogP contribution >= 0.6 is 0 Å². The van der Waals surface area contributed by atoms with Crippen molar-refractivity contribution in [1.82, 2.24) is 9.80 Å². The van der Waals surface area contributed by atoms with Gasteiger partial charge in [0.05, 0.1) is 0 Å². The van der Waals surface area contributed by atoms with Gasteiger partial charge in [-0.05, 0) is 61.4 Å². The van der Waals surface area contributed by atoms with Crippen LogP contribution < -0.4 is 0 Å². The highest BCUT2D eigenvalue weighted by molar-refractivity contribution is 5.92. The minimum Gasteiger partial charge on any atom is -0.462 e. The molecule has 38 heavy (non-hydrogen) atoms. The monoisotopic (exact) mass is 508 g/mol. The molecule has 0 bridgehead atoms. The predicted molar refractivity (Wildman–Crippen MR) is 149 cm³/mol. The summed E-state index contributed by atoms with van der Waals surface area (Å²) in [5.41, 5.74) is 2.02. The lowest BCUT2D eigenvalue weighted by atomic mass is 10.2. The molecule has 2 amide bonds. The van der Waals surface area contributed by atoms with Gasteiger partial charge in [-0.2, -0.15) is 0 Å². The van der Waals surface area contributed by atoms with E-state index in [0.717, 1.165) is 22.6 Å². The fourth-order valence-corrected chi connectivity index (χ4v) is 3.99. The maximum absolute atomic E-state index is 13.2. The van der Waals surface area contributed by atoms with Crippen LogP contribution in [-0.4, -0.2) is 34.7 Å². The minimum absolute atomic E-state index is 0.156. The van der Waals surface area contributed by atoms with Crippen LogP contribution in [0.1, 0.15) is 34.2 Å². The van der Waals surface area contributed by atoms with E-state index in [-0.39, 0.29) is 11.8 Å². The highest BCUT2D eigenvalue weighted by Gasteiger charge is 2.17. The fourth-order valence-electron chi connectivity index (χ4n) is 3.99. The molecule has 0 saturated heterocycles. The van der Waals surface area contributed by atoms with Gasteiger partial charge in [-0.15, -0.1) is 0 Å². The lowest BCUT2D eigenvalue weighted by Gasteiger charge is -2.27. The van der Waals surface area contributed by atoms with Gasteiger partial charge in [0.25, 0.3) is 0 Å². The largest absolute Gasteiger partial charge is 0.462 e. The molecule has 0 spiro atoms. The molecule has 0 saturated carbocycles. The van der Waals surface area contributed by atoms with E-state index in [4.69, 9.17) is 8.83 Å². The van der Waals surface area contributed by atoms with Crippen LogP contribution in [0.2, 0.25) is 0 Å². The van der Waals surface area contributed by atoms with Crippen molar-refractivity contribution < 1.29 is 18.4 Å². The minimum atomic E-state index is -0.156. The molecule has 4 aromatic rings. The van der Waals surface area contributed by atoms with Gasteiger partial charge in [0, 0.05) is 38.3 Å². The van der Waals surface area contributed by atoms with Crippen molar-refractivity contribution in [3.05, 3.63) is 131 Å². The molecule has 0 atom stereocenters. The Morgan fingerprint density at radius 1 is 0.605 bits per heavy atom. The smallest absolute Gasteiger partial charge is 0.247 e. The third-order valence-corrected chi connectivity index (χ3v) is 6.00. The molecule has 194 valence electrons. The van der Waals surface area contributed by atoms with E-state index in [1.165, 1.54) is 12.2 Å². The van der Waals surface area contributed by atoms with Crippen LogP contribution in [0.4, 0.5) is 0 Å². The van der Waals surface area contributed by atoms with E-state index >= 15 is 0 Å². The molecular formula is C32H32N2O4. The second-order valence-electron chi connectivity index (χ2n) is 9.05. The number of carbonyl (C=O) groups excluding carboxylic acids is 2. The molecular weight excluding hydrogens is 476 g/mol. The molecule has 6 heteroatoms. The van der Waals surface area contributed by atoms with Crippen LogP contribution in [0.25, 0.3) is 12.2 Å². The maximum Gasteiger partial charge on any atom is 0.247 e. The van der Waals surface area contributed by atoms with Gasteiger partial charge in [0.2, 0.25) is 11.8 Å². The number of hydrogen-bond donors (Lipinski definition) is 0. The summed E-state index contributed by atoms with van der Waals surface area (Å²) in [5.74, 6) is 2.50. The summed E-state index contributed by atoms with van der Waals surface area (Å²) < 4.78 is 11.1. The summed E-state index contributed by atoms with van der Waals surface area (Å²) in [5, 5.41) is 0. The van der Waals surface area contributed by atoms with Crippen molar-refractivity contribution >= 4 is 24.0 Å². The molecule has 2 heterocycles. The zero-order chi connectivity index (χ0) is 26.7. The van der Waals surface area contributed by atoms with Gasteiger partial charge in [-0.25, -0.2) is 0 Å². The van der Waals surface area contributed by atoms with E-state index in [1.807, 2.05) is 98.8 Å². The van der Waals surface area contributed by atoms with Crippen LogP contribution in [0, 0.1) is 13.8 Å². The van der Waals surface area contributed by atoms with Gasteiger partial charge in [-0.3, -0.25) is 9.59 Å². The molecule has 0 aliphatic heterocycles. The summed E-state index contributed by atoms with van der Waals surface area (Å²) in [7, 11) is 0. The molecule has 0 unspecified atom stereocenters. The molecule has 0 N–H and O–H groups in total. The SMILES string of the molecule is Cc1ccc(/C=C/C(=O)N(CCN(Cc2ccccc2)C(=O)/C=C/c2ccc(C)o2)Cc2ccccc2)o1. The number of nitrogens with zero attached hydrogens (tertiary/aromatic N) is 2. The summed E-state index contributed by atoms with van der Waals surface area (Å²) in [4.78, 5) is 30.0. The zero-order valence-electron chi connectivity index (χ0n) is 21.7. The number of hydrogen-bond acceptors (Lipinski definition) is 4. The molecule has 0 aliphatic carbocycles. The zero-order valence-corrected chi connectivity index (χ0v) is 21.7. The average Bonchev–Trinajstić information content (AvgIpc) is 3.55. The first-order valence-corrected chi connectivity index (χ1v) is 12.6. The van der Waals surface area contributed by atoms with Crippen LogP contribution in [0.3, 0.4) is 0 Å². The topological polar surface area (TPSA) is 66.9 Å². The number of rotatable bonds is 11.